The van der Waals surface area contributed by atoms with Gasteiger partial charge in [0.25, 0.3) is 0 Å². The van der Waals surface area contributed by atoms with Crippen LogP contribution in [0.1, 0.15) is 31.4 Å². The summed E-state index contributed by atoms with van der Waals surface area (Å²) in [4.78, 5) is 7.14. The molecule has 1 fully saturated rings. The van der Waals surface area contributed by atoms with Gasteiger partial charge in [-0.15, -0.1) is 0 Å². The summed E-state index contributed by atoms with van der Waals surface area (Å²) in [5.74, 6) is 0. The minimum absolute atomic E-state index is 0.258. The molecule has 1 atom stereocenters. The Morgan fingerprint density at radius 1 is 1.10 bits per heavy atom. The molecule has 2 heterocycles. The smallest absolute Gasteiger partial charge is 0.0705 e. The molecule has 0 radical (unpaired) electrons. The number of nitrogens with zero attached hydrogens (tertiary/aromatic N) is 2. The van der Waals surface area contributed by atoms with Crippen LogP contribution in [0.3, 0.4) is 0 Å². The number of aliphatic hydroxyl groups is 1. The lowest BCUT2D eigenvalue weighted by Gasteiger charge is -2.28. The van der Waals surface area contributed by atoms with Crippen LogP contribution in [0.25, 0.3) is 10.9 Å². The standard InChI is InChI=1S/C17H22N2O/c20-13-16-7-2-1-5-11-19(16)12-15-10-9-14-6-3-4-8-17(14)18-15/h3-4,6,8-10,16,20H,1-2,5,7,11-13H2. The number of hydrogen-bond acceptors (Lipinski definition) is 3. The molecule has 0 aliphatic carbocycles. The van der Waals surface area contributed by atoms with E-state index in [9.17, 15) is 5.11 Å². The van der Waals surface area contributed by atoms with Crippen LogP contribution in [-0.2, 0) is 6.54 Å². The Labute approximate surface area is 120 Å². The van der Waals surface area contributed by atoms with Crippen LogP contribution in [0.4, 0.5) is 0 Å². The molecule has 1 unspecified atom stereocenters. The summed E-state index contributed by atoms with van der Waals surface area (Å²) in [7, 11) is 0. The Hall–Kier alpha value is -1.45. The highest BCUT2D eigenvalue weighted by atomic mass is 16.3. The Bertz CT molecular complexity index is 570. The van der Waals surface area contributed by atoms with E-state index in [1.165, 1.54) is 24.6 Å². The van der Waals surface area contributed by atoms with E-state index in [0.29, 0.717) is 6.04 Å². The number of benzene rings is 1. The van der Waals surface area contributed by atoms with Crippen molar-refractivity contribution in [3.63, 3.8) is 0 Å². The van der Waals surface area contributed by atoms with Crippen molar-refractivity contribution in [1.82, 2.24) is 9.88 Å². The highest BCUT2D eigenvalue weighted by molar-refractivity contribution is 5.78. The number of aliphatic hydroxyl groups excluding tert-OH is 1. The van der Waals surface area contributed by atoms with Gasteiger partial charge in [0.05, 0.1) is 17.8 Å². The second kappa shape index (κ2) is 6.33. The number of hydrogen-bond donors (Lipinski definition) is 1. The summed E-state index contributed by atoms with van der Waals surface area (Å²) >= 11 is 0. The molecule has 0 bridgehead atoms. The Kier molecular flexibility index (Phi) is 4.28. The molecule has 0 amide bonds. The molecule has 1 aliphatic heterocycles. The van der Waals surface area contributed by atoms with E-state index in [1.807, 2.05) is 12.1 Å². The highest BCUT2D eigenvalue weighted by Gasteiger charge is 2.20. The van der Waals surface area contributed by atoms with Gasteiger partial charge in [0, 0.05) is 18.0 Å². The van der Waals surface area contributed by atoms with E-state index in [4.69, 9.17) is 4.98 Å². The molecule has 1 aliphatic rings. The maximum absolute atomic E-state index is 9.57. The average Bonchev–Trinajstić information content (AvgIpc) is 2.72. The van der Waals surface area contributed by atoms with Crippen molar-refractivity contribution in [3.05, 3.63) is 42.1 Å². The predicted molar refractivity (Wildman–Crippen MR) is 81.5 cm³/mol. The first kappa shape index (κ1) is 13.5. The van der Waals surface area contributed by atoms with Crippen LogP contribution in [0.15, 0.2) is 36.4 Å². The summed E-state index contributed by atoms with van der Waals surface area (Å²) in [6, 6.07) is 12.8. The van der Waals surface area contributed by atoms with Crippen molar-refractivity contribution in [2.24, 2.45) is 0 Å². The minimum Gasteiger partial charge on any atom is -0.395 e. The first-order valence-electron chi connectivity index (χ1n) is 7.56. The van der Waals surface area contributed by atoms with Gasteiger partial charge in [-0.2, -0.15) is 0 Å². The molecule has 2 aromatic rings. The first-order valence-corrected chi connectivity index (χ1v) is 7.56. The topological polar surface area (TPSA) is 36.4 Å². The van der Waals surface area contributed by atoms with E-state index in [2.05, 4.69) is 29.2 Å². The number of pyridine rings is 1. The van der Waals surface area contributed by atoms with Gasteiger partial charge >= 0.3 is 0 Å². The van der Waals surface area contributed by atoms with Crippen molar-refractivity contribution in [2.45, 2.75) is 38.3 Å². The van der Waals surface area contributed by atoms with Gasteiger partial charge in [-0.1, -0.05) is 37.1 Å². The molecule has 3 rings (SSSR count). The summed E-state index contributed by atoms with van der Waals surface area (Å²) in [5, 5.41) is 10.8. The zero-order chi connectivity index (χ0) is 13.8. The van der Waals surface area contributed by atoms with Gasteiger partial charge in [0.1, 0.15) is 0 Å². The van der Waals surface area contributed by atoms with Crippen molar-refractivity contribution < 1.29 is 5.11 Å². The molecule has 1 aromatic heterocycles. The van der Waals surface area contributed by atoms with Crippen LogP contribution in [0.2, 0.25) is 0 Å². The highest BCUT2D eigenvalue weighted by Crippen LogP contribution is 2.19. The first-order chi connectivity index (χ1) is 9.86. The fourth-order valence-corrected chi connectivity index (χ4v) is 3.06. The van der Waals surface area contributed by atoms with E-state index < -0.39 is 0 Å². The van der Waals surface area contributed by atoms with Gasteiger partial charge < -0.3 is 5.11 Å². The van der Waals surface area contributed by atoms with Crippen molar-refractivity contribution in [2.75, 3.05) is 13.2 Å². The number of fused-ring (bicyclic) bond motifs is 1. The number of rotatable bonds is 3. The summed E-state index contributed by atoms with van der Waals surface area (Å²) in [6.45, 7) is 2.17. The fourth-order valence-electron chi connectivity index (χ4n) is 3.06. The molecule has 3 heteroatoms. The zero-order valence-corrected chi connectivity index (χ0v) is 11.8. The monoisotopic (exact) mass is 270 g/mol. The van der Waals surface area contributed by atoms with E-state index in [1.54, 1.807) is 0 Å². The van der Waals surface area contributed by atoms with Gasteiger partial charge in [-0.25, -0.2) is 0 Å². The normalized spacial score (nSPS) is 20.9. The number of aromatic nitrogens is 1. The SMILES string of the molecule is OCC1CCCCCN1Cc1ccc2ccccc2n1. The van der Waals surface area contributed by atoms with Crippen molar-refractivity contribution in [3.8, 4) is 0 Å². The average molecular weight is 270 g/mol. The Morgan fingerprint density at radius 2 is 2.00 bits per heavy atom. The van der Waals surface area contributed by atoms with E-state index in [0.717, 1.165) is 30.7 Å². The second-order valence-electron chi connectivity index (χ2n) is 5.65. The lowest BCUT2D eigenvalue weighted by Crippen LogP contribution is -2.37. The Morgan fingerprint density at radius 3 is 2.90 bits per heavy atom. The minimum atomic E-state index is 0.258. The third-order valence-corrected chi connectivity index (χ3v) is 4.23. The van der Waals surface area contributed by atoms with Gasteiger partial charge in [0.2, 0.25) is 0 Å². The summed E-state index contributed by atoms with van der Waals surface area (Å²) in [5.41, 5.74) is 2.16. The number of para-hydroxylation sites is 1. The molecule has 20 heavy (non-hydrogen) atoms. The molecule has 1 saturated heterocycles. The van der Waals surface area contributed by atoms with Gasteiger partial charge in [-0.05, 0) is 31.5 Å². The molecule has 3 nitrogen and oxygen atoms in total. The van der Waals surface area contributed by atoms with Crippen LogP contribution in [0.5, 0.6) is 0 Å². The van der Waals surface area contributed by atoms with E-state index >= 15 is 0 Å². The fraction of sp³-hybridized carbons (Fsp3) is 0.471. The Balaban J connectivity index is 1.80. The molecule has 1 N–H and O–H groups in total. The quantitative estimate of drug-likeness (QED) is 0.931. The largest absolute Gasteiger partial charge is 0.395 e. The molecular formula is C17H22N2O. The van der Waals surface area contributed by atoms with Crippen LogP contribution < -0.4 is 0 Å². The van der Waals surface area contributed by atoms with Crippen molar-refractivity contribution >= 4 is 10.9 Å². The summed E-state index contributed by atoms with van der Waals surface area (Å²) in [6.07, 6.45) is 4.83. The third-order valence-electron chi connectivity index (χ3n) is 4.23. The summed E-state index contributed by atoms with van der Waals surface area (Å²) < 4.78 is 0. The molecule has 0 saturated carbocycles. The lowest BCUT2D eigenvalue weighted by atomic mass is 10.1. The lowest BCUT2D eigenvalue weighted by molar-refractivity contribution is 0.117. The maximum atomic E-state index is 9.57. The zero-order valence-electron chi connectivity index (χ0n) is 11.8. The van der Waals surface area contributed by atoms with Gasteiger partial charge in [-0.3, -0.25) is 9.88 Å². The van der Waals surface area contributed by atoms with Crippen LogP contribution in [0, 0.1) is 0 Å². The molecule has 0 spiro atoms. The van der Waals surface area contributed by atoms with Crippen LogP contribution in [-0.4, -0.2) is 34.2 Å². The second-order valence-corrected chi connectivity index (χ2v) is 5.65. The molecule has 1 aromatic carbocycles. The maximum Gasteiger partial charge on any atom is 0.0705 e. The molecule has 106 valence electrons. The molecular weight excluding hydrogens is 248 g/mol. The van der Waals surface area contributed by atoms with Crippen LogP contribution >= 0.6 is 0 Å². The van der Waals surface area contributed by atoms with Gasteiger partial charge in [0.15, 0.2) is 0 Å². The third kappa shape index (κ3) is 3.00. The van der Waals surface area contributed by atoms with E-state index in [-0.39, 0.29) is 6.61 Å². The number of likely N-dealkylation sites (tertiary alicyclic amines) is 1. The van der Waals surface area contributed by atoms with Crippen molar-refractivity contribution in [1.29, 1.82) is 0 Å². The predicted octanol–water partition coefficient (Wildman–Crippen LogP) is 2.97.